The fourth-order valence-electron chi connectivity index (χ4n) is 5.52. The number of hydrogen-bond donors (Lipinski definition) is 1. The highest BCUT2D eigenvalue weighted by Gasteiger charge is 2.52. The first-order valence-electron chi connectivity index (χ1n) is 10.7. The summed E-state index contributed by atoms with van der Waals surface area (Å²) < 4.78 is 30.7. The minimum atomic E-state index is -3.22. The average molecular weight is 437 g/mol. The molecule has 2 heterocycles. The number of sulfone groups is 1. The van der Waals surface area contributed by atoms with Gasteiger partial charge in [0.15, 0.2) is 9.84 Å². The Morgan fingerprint density at radius 3 is 2.13 bits per heavy atom. The van der Waals surface area contributed by atoms with E-state index in [1.807, 2.05) is 36.4 Å². The van der Waals surface area contributed by atoms with Gasteiger partial charge in [-0.25, -0.2) is 13.2 Å². The Kier molecular flexibility index (Phi) is 4.78. The molecule has 0 radical (unpaired) electrons. The van der Waals surface area contributed by atoms with Gasteiger partial charge >= 0.3 is 6.09 Å². The maximum atomic E-state index is 12.7. The molecule has 7 heteroatoms. The van der Waals surface area contributed by atoms with Gasteiger partial charge in [0.25, 0.3) is 0 Å². The van der Waals surface area contributed by atoms with Crippen LogP contribution in [0.4, 0.5) is 4.79 Å². The third-order valence-corrected chi connectivity index (χ3v) is 9.70. The predicted octanol–water partition coefficient (Wildman–Crippen LogP) is 3.92. The van der Waals surface area contributed by atoms with Gasteiger partial charge in [-0.1, -0.05) is 55.0 Å². The molecule has 1 amide bonds. The van der Waals surface area contributed by atoms with Crippen molar-refractivity contribution in [3.8, 4) is 17.2 Å². The summed E-state index contributed by atoms with van der Waals surface area (Å²) in [6.45, 7) is 0.159. The van der Waals surface area contributed by atoms with Crippen molar-refractivity contribution in [1.82, 2.24) is 5.32 Å². The van der Waals surface area contributed by atoms with Gasteiger partial charge in [-0.05, 0) is 35.1 Å². The van der Waals surface area contributed by atoms with E-state index in [0.717, 1.165) is 28.7 Å². The SMILES string of the molecule is N#CC1(NC(=O)OCC2c3ccccc3-c3ccccc32)CC2CCCC(C1)S2(=O)=O. The first-order valence-corrected chi connectivity index (χ1v) is 12.3. The summed E-state index contributed by atoms with van der Waals surface area (Å²) in [5.74, 6) is -0.0673. The number of rotatable bonds is 3. The van der Waals surface area contributed by atoms with E-state index in [0.29, 0.717) is 12.8 Å². The molecule has 31 heavy (non-hydrogen) atoms. The van der Waals surface area contributed by atoms with Crippen LogP contribution in [0.2, 0.25) is 0 Å². The van der Waals surface area contributed by atoms with Gasteiger partial charge in [-0.2, -0.15) is 5.26 Å². The third-order valence-electron chi connectivity index (χ3n) is 7.03. The van der Waals surface area contributed by atoms with Crippen molar-refractivity contribution in [3.05, 3.63) is 59.7 Å². The van der Waals surface area contributed by atoms with E-state index in [1.54, 1.807) is 0 Å². The smallest absolute Gasteiger partial charge is 0.408 e. The summed E-state index contributed by atoms with van der Waals surface area (Å²) >= 11 is 0. The van der Waals surface area contributed by atoms with Crippen molar-refractivity contribution in [3.63, 3.8) is 0 Å². The van der Waals surface area contributed by atoms with Crippen LogP contribution in [0.5, 0.6) is 0 Å². The molecule has 0 aromatic heterocycles. The largest absolute Gasteiger partial charge is 0.449 e. The zero-order chi connectivity index (χ0) is 21.6. The molecule has 0 saturated carbocycles. The van der Waals surface area contributed by atoms with Crippen LogP contribution >= 0.6 is 0 Å². The van der Waals surface area contributed by atoms with Crippen molar-refractivity contribution >= 4 is 15.9 Å². The maximum absolute atomic E-state index is 12.7. The van der Waals surface area contributed by atoms with Crippen molar-refractivity contribution < 1.29 is 17.9 Å². The number of hydrogen-bond acceptors (Lipinski definition) is 5. The second-order valence-corrected chi connectivity index (χ2v) is 11.3. The molecule has 2 saturated heterocycles. The van der Waals surface area contributed by atoms with E-state index in [-0.39, 0.29) is 25.4 Å². The van der Waals surface area contributed by atoms with Gasteiger partial charge in [-0.15, -0.1) is 0 Å². The minimum Gasteiger partial charge on any atom is -0.449 e. The second-order valence-electron chi connectivity index (χ2n) is 8.82. The zero-order valence-electron chi connectivity index (χ0n) is 17.1. The zero-order valence-corrected chi connectivity index (χ0v) is 17.9. The van der Waals surface area contributed by atoms with Gasteiger partial charge in [0.05, 0.1) is 16.6 Å². The standard InChI is InChI=1S/C24H24N2O4S/c25-15-24(12-16-6-5-7-17(13-24)31(16,28)29)26-23(27)30-14-22-20-10-3-1-8-18(20)19-9-2-4-11-21(19)22/h1-4,8-11,16-17,22H,5-7,12-14H2,(H,26,27). The van der Waals surface area contributed by atoms with Crippen LogP contribution in [0, 0.1) is 11.3 Å². The molecule has 0 spiro atoms. The number of nitrogens with one attached hydrogen (secondary N) is 1. The second kappa shape index (κ2) is 7.38. The number of benzene rings is 2. The van der Waals surface area contributed by atoms with E-state index < -0.39 is 32.0 Å². The molecule has 2 fully saturated rings. The number of carbonyl (C=O) groups excluding carboxylic acids is 1. The molecule has 1 N–H and O–H groups in total. The highest BCUT2D eigenvalue weighted by atomic mass is 32.2. The summed E-state index contributed by atoms with van der Waals surface area (Å²) in [5, 5.41) is 11.5. The number of amides is 1. The summed E-state index contributed by atoms with van der Waals surface area (Å²) in [7, 11) is -3.22. The van der Waals surface area contributed by atoms with Gasteiger partial charge in [-0.3, -0.25) is 0 Å². The number of nitriles is 1. The molecule has 2 aliphatic heterocycles. The average Bonchev–Trinajstić information content (AvgIpc) is 3.07. The van der Waals surface area contributed by atoms with E-state index in [1.165, 1.54) is 0 Å². The quantitative estimate of drug-likeness (QED) is 0.787. The Balaban J connectivity index is 1.31. The van der Waals surface area contributed by atoms with E-state index in [9.17, 15) is 18.5 Å². The summed E-state index contributed by atoms with van der Waals surface area (Å²) in [6.07, 6.45) is 1.55. The Bertz CT molecular complexity index is 1120. The van der Waals surface area contributed by atoms with Crippen LogP contribution in [0.1, 0.15) is 49.1 Å². The van der Waals surface area contributed by atoms with Crippen molar-refractivity contribution in [2.45, 2.75) is 54.1 Å². The molecule has 2 aromatic rings. The Morgan fingerprint density at radius 1 is 1.03 bits per heavy atom. The lowest BCUT2D eigenvalue weighted by molar-refractivity contribution is 0.130. The van der Waals surface area contributed by atoms with Crippen LogP contribution < -0.4 is 5.32 Å². The Morgan fingerprint density at radius 2 is 1.58 bits per heavy atom. The summed E-state index contributed by atoms with van der Waals surface area (Å²) in [6, 6.07) is 18.4. The topological polar surface area (TPSA) is 96.3 Å². The molecular weight excluding hydrogens is 412 g/mol. The van der Waals surface area contributed by atoms with E-state index in [4.69, 9.17) is 4.74 Å². The normalized spacial score (nSPS) is 28.1. The third kappa shape index (κ3) is 3.30. The molecule has 3 aliphatic rings. The maximum Gasteiger partial charge on any atom is 0.408 e. The van der Waals surface area contributed by atoms with E-state index >= 15 is 0 Å². The lowest BCUT2D eigenvalue weighted by Crippen LogP contribution is -2.59. The molecule has 1 aliphatic carbocycles. The highest BCUT2D eigenvalue weighted by Crippen LogP contribution is 2.45. The lowest BCUT2D eigenvalue weighted by Gasteiger charge is -2.43. The fraction of sp³-hybridized carbons (Fsp3) is 0.417. The van der Waals surface area contributed by atoms with Crippen LogP contribution in [-0.4, -0.2) is 37.2 Å². The van der Waals surface area contributed by atoms with Gasteiger partial charge in [0.2, 0.25) is 0 Å². The number of nitrogens with zero attached hydrogens (tertiary/aromatic N) is 1. The lowest BCUT2D eigenvalue weighted by atomic mass is 9.84. The molecule has 2 atom stereocenters. The monoisotopic (exact) mass is 436 g/mol. The van der Waals surface area contributed by atoms with Crippen molar-refractivity contribution in [1.29, 1.82) is 5.26 Å². The number of fused-ring (bicyclic) bond motifs is 5. The van der Waals surface area contributed by atoms with Crippen molar-refractivity contribution in [2.24, 2.45) is 0 Å². The van der Waals surface area contributed by atoms with Crippen LogP contribution in [-0.2, 0) is 14.6 Å². The van der Waals surface area contributed by atoms with Crippen LogP contribution in [0.25, 0.3) is 11.1 Å². The summed E-state index contributed by atoms with van der Waals surface area (Å²) in [5.41, 5.74) is 3.33. The van der Waals surface area contributed by atoms with Crippen molar-refractivity contribution in [2.75, 3.05) is 6.61 Å². The van der Waals surface area contributed by atoms with E-state index in [2.05, 4.69) is 23.5 Å². The molecule has 160 valence electrons. The minimum absolute atomic E-state index is 0.0673. The van der Waals surface area contributed by atoms with Gasteiger partial charge in [0.1, 0.15) is 12.1 Å². The molecule has 2 unspecified atom stereocenters. The Labute approximate surface area is 182 Å². The highest BCUT2D eigenvalue weighted by molar-refractivity contribution is 7.92. The first kappa shape index (κ1) is 20.1. The van der Waals surface area contributed by atoms with Crippen LogP contribution in [0.15, 0.2) is 48.5 Å². The Hall–Kier alpha value is -2.85. The molecule has 2 aromatic carbocycles. The molecular formula is C24H24N2O4S. The predicted molar refractivity (Wildman–Crippen MR) is 116 cm³/mol. The fourth-order valence-corrected chi connectivity index (χ4v) is 8.09. The molecule has 6 nitrogen and oxygen atoms in total. The molecule has 2 bridgehead atoms. The van der Waals surface area contributed by atoms with Gasteiger partial charge < -0.3 is 10.1 Å². The molecule has 5 rings (SSSR count). The first-order chi connectivity index (χ1) is 14.9. The number of ether oxygens (including phenoxy) is 1. The van der Waals surface area contributed by atoms with Gasteiger partial charge in [0, 0.05) is 18.8 Å². The number of alkyl carbamates (subject to hydrolysis) is 1. The van der Waals surface area contributed by atoms with Crippen LogP contribution in [0.3, 0.4) is 0 Å². The summed E-state index contributed by atoms with van der Waals surface area (Å²) in [4.78, 5) is 12.7. The number of carbonyl (C=O) groups is 1.